The fraction of sp³-hybridized carbons (Fsp3) is 0.875. The minimum absolute atomic E-state index is 0.282. The number of amidine groups is 1. The first kappa shape index (κ1) is 14.5. The van der Waals surface area contributed by atoms with Gasteiger partial charge in [0, 0.05) is 19.4 Å². The summed E-state index contributed by atoms with van der Waals surface area (Å²) in [4.78, 5) is 18.6. The molecule has 1 saturated carbocycles. The highest BCUT2D eigenvalue weighted by Crippen LogP contribution is 2.26. The number of carbonyl (C=O) groups is 1. The Balaban J connectivity index is 1.87. The van der Waals surface area contributed by atoms with Crippen LogP contribution in [0.4, 0.5) is 0 Å². The van der Waals surface area contributed by atoms with Gasteiger partial charge in [0.25, 0.3) is 0 Å². The second-order valence-electron chi connectivity index (χ2n) is 6.01. The maximum Gasteiger partial charge on any atom is 0.227 e. The molecule has 0 atom stereocenters. The number of nitrogens with zero attached hydrogens (tertiary/aromatic N) is 2. The second kappa shape index (κ2) is 7.66. The van der Waals surface area contributed by atoms with Crippen LogP contribution in [0.3, 0.4) is 0 Å². The predicted octanol–water partition coefficient (Wildman–Crippen LogP) is 3.78. The number of hydrogen-bond donors (Lipinski definition) is 0. The van der Waals surface area contributed by atoms with Crippen molar-refractivity contribution in [2.45, 2.75) is 71.1 Å². The summed E-state index contributed by atoms with van der Waals surface area (Å²) in [6.07, 6.45) is 12.2. The minimum atomic E-state index is 0.282. The first-order valence-corrected chi connectivity index (χ1v) is 8.15. The first-order valence-electron chi connectivity index (χ1n) is 8.15. The Morgan fingerprint density at radius 1 is 1.21 bits per heavy atom. The van der Waals surface area contributed by atoms with Gasteiger partial charge in [-0.1, -0.05) is 51.9 Å². The average Bonchev–Trinajstić information content (AvgIpc) is 2.81. The molecule has 0 saturated heterocycles. The summed E-state index contributed by atoms with van der Waals surface area (Å²) in [6, 6.07) is 0. The van der Waals surface area contributed by atoms with Gasteiger partial charge < -0.3 is 0 Å². The van der Waals surface area contributed by atoms with E-state index < -0.39 is 0 Å². The lowest BCUT2D eigenvalue weighted by Gasteiger charge is -2.24. The Labute approximate surface area is 117 Å². The molecule has 2 aliphatic rings. The van der Waals surface area contributed by atoms with Gasteiger partial charge in [-0.3, -0.25) is 14.7 Å². The van der Waals surface area contributed by atoms with Crippen LogP contribution in [-0.2, 0) is 4.79 Å². The molecule has 0 spiro atoms. The van der Waals surface area contributed by atoms with Crippen LogP contribution in [0.1, 0.15) is 71.1 Å². The molecule has 1 aliphatic carbocycles. The van der Waals surface area contributed by atoms with Crippen LogP contribution in [0, 0.1) is 5.92 Å². The molecule has 1 heterocycles. The largest absolute Gasteiger partial charge is 0.299 e. The van der Waals surface area contributed by atoms with Crippen LogP contribution in [0.2, 0.25) is 0 Å². The molecule has 19 heavy (non-hydrogen) atoms. The zero-order valence-electron chi connectivity index (χ0n) is 12.4. The van der Waals surface area contributed by atoms with E-state index in [1.807, 2.05) is 4.90 Å². The normalized spacial score (nSPS) is 21.9. The van der Waals surface area contributed by atoms with Crippen molar-refractivity contribution < 1.29 is 4.79 Å². The van der Waals surface area contributed by atoms with Crippen LogP contribution in [0.15, 0.2) is 4.99 Å². The van der Waals surface area contributed by atoms with Crippen LogP contribution >= 0.6 is 0 Å². The smallest absolute Gasteiger partial charge is 0.227 e. The van der Waals surface area contributed by atoms with Crippen molar-refractivity contribution in [3.05, 3.63) is 0 Å². The zero-order valence-corrected chi connectivity index (χ0v) is 12.4. The molecule has 0 bridgehead atoms. The highest BCUT2D eigenvalue weighted by Gasteiger charge is 2.25. The van der Waals surface area contributed by atoms with Gasteiger partial charge in [-0.05, 0) is 12.3 Å². The molecular weight excluding hydrogens is 236 g/mol. The van der Waals surface area contributed by atoms with Crippen molar-refractivity contribution in [1.29, 1.82) is 0 Å². The third kappa shape index (κ3) is 4.32. The minimum Gasteiger partial charge on any atom is -0.299 e. The lowest BCUT2D eigenvalue weighted by molar-refractivity contribution is -0.127. The Bertz CT molecular complexity index is 317. The van der Waals surface area contributed by atoms with Gasteiger partial charge in [-0.15, -0.1) is 0 Å². The molecule has 0 aromatic carbocycles. The molecule has 0 N–H and O–H groups in total. The van der Waals surface area contributed by atoms with Crippen LogP contribution in [-0.4, -0.2) is 29.7 Å². The molecule has 1 aliphatic heterocycles. The highest BCUT2D eigenvalue weighted by atomic mass is 16.2. The van der Waals surface area contributed by atoms with Crippen molar-refractivity contribution in [3.63, 3.8) is 0 Å². The van der Waals surface area contributed by atoms with Crippen molar-refractivity contribution in [1.82, 2.24) is 4.90 Å². The van der Waals surface area contributed by atoms with Crippen molar-refractivity contribution in [2.24, 2.45) is 10.9 Å². The predicted molar refractivity (Wildman–Crippen MR) is 79.3 cm³/mol. The molecule has 1 amide bonds. The Morgan fingerprint density at radius 2 is 1.89 bits per heavy atom. The monoisotopic (exact) mass is 264 g/mol. The lowest BCUT2D eigenvalue weighted by Crippen LogP contribution is -2.35. The summed E-state index contributed by atoms with van der Waals surface area (Å²) in [5.41, 5.74) is 0. The first-order chi connectivity index (χ1) is 9.31. The third-order valence-electron chi connectivity index (χ3n) is 4.39. The number of hydrogen-bond acceptors (Lipinski definition) is 2. The average molecular weight is 264 g/mol. The summed E-state index contributed by atoms with van der Waals surface area (Å²) in [5, 5.41) is 0. The topological polar surface area (TPSA) is 32.7 Å². The lowest BCUT2D eigenvalue weighted by atomic mass is 9.88. The van der Waals surface area contributed by atoms with Crippen LogP contribution in [0.25, 0.3) is 0 Å². The molecule has 0 radical (unpaired) electrons. The molecule has 3 nitrogen and oxygen atoms in total. The molecule has 0 unspecified atom stereocenters. The fourth-order valence-electron chi connectivity index (χ4n) is 3.29. The standard InChI is InChI=1S/C16H28N2O/c1-2-8-16(19)18-12-11-17-15(18)13-14-9-6-4-3-5-7-10-14/h14H,2-13H2,1H3. The quantitative estimate of drug-likeness (QED) is 0.760. The summed E-state index contributed by atoms with van der Waals surface area (Å²) in [5.74, 6) is 2.13. The van der Waals surface area contributed by atoms with E-state index in [1.54, 1.807) is 0 Å². The van der Waals surface area contributed by atoms with E-state index in [-0.39, 0.29) is 5.91 Å². The van der Waals surface area contributed by atoms with Crippen molar-refractivity contribution in [3.8, 4) is 0 Å². The van der Waals surface area contributed by atoms with Gasteiger partial charge in [0.2, 0.25) is 5.91 Å². The summed E-state index contributed by atoms with van der Waals surface area (Å²) >= 11 is 0. The van der Waals surface area contributed by atoms with E-state index >= 15 is 0 Å². The number of amides is 1. The molecule has 0 aromatic heterocycles. The van der Waals surface area contributed by atoms with Crippen molar-refractivity contribution in [2.75, 3.05) is 13.1 Å². The van der Waals surface area contributed by atoms with Gasteiger partial charge in [-0.25, -0.2) is 0 Å². The number of carbonyl (C=O) groups excluding carboxylic acids is 1. The fourth-order valence-corrected chi connectivity index (χ4v) is 3.29. The number of rotatable bonds is 4. The van der Waals surface area contributed by atoms with Crippen LogP contribution in [0.5, 0.6) is 0 Å². The maximum absolute atomic E-state index is 12.1. The van der Waals surface area contributed by atoms with E-state index in [2.05, 4.69) is 11.9 Å². The van der Waals surface area contributed by atoms with Crippen LogP contribution < -0.4 is 0 Å². The SMILES string of the molecule is CCCC(=O)N1CCN=C1CC1CCCCCCC1. The van der Waals surface area contributed by atoms with E-state index in [1.165, 1.54) is 44.9 Å². The summed E-state index contributed by atoms with van der Waals surface area (Å²) in [7, 11) is 0. The van der Waals surface area contributed by atoms with Gasteiger partial charge in [-0.2, -0.15) is 0 Å². The van der Waals surface area contributed by atoms with Crippen molar-refractivity contribution >= 4 is 11.7 Å². The Morgan fingerprint density at radius 3 is 2.58 bits per heavy atom. The highest BCUT2D eigenvalue weighted by molar-refractivity contribution is 5.99. The number of aliphatic imine (C=N–C) groups is 1. The molecule has 3 heteroatoms. The Hall–Kier alpha value is -0.860. The molecular formula is C16H28N2O. The van der Waals surface area contributed by atoms with E-state index in [0.29, 0.717) is 6.42 Å². The molecule has 1 fully saturated rings. The molecule has 0 aromatic rings. The second-order valence-corrected chi connectivity index (χ2v) is 6.01. The van der Waals surface area contributed by atoms with Gasteiger partial charge in [0.05, 0.1) is 6.54 Å². The summed E-state index contributed by atoms with van der Waals surface area (Å²) < 4.78 is 0. The zero-order chi connectivity index (χ0) is 13.5. The van der Waals surface area contributed by atoms with Gasteiger partial charge in [0.15, 0.2) is 0 Å². The molecule has 2 rings (SSSR count). The van der Waals surface area contributed by atoms with E-state index in [9.17, 15) is 4.79 Å². The van der Waals surface area contributed by atoms with Gasteiger partial charge in [0.1, 0.15) is 5.84 Å². The third-order valence-corrected chi connectivity index (χ3v) is 4.39. The maximum atomic E-state index is 12.1. The Kier molecular flexibility index (Phi) is 5.87. The van der Waals surface area contributed by atoms with Gasteiger partial charge >= 0.3 is 0 Å². The molecule has 108 valence electrons. The van der Waals surface area contributed by atoms with E-state index in [4.69, 9.17) is 0 Å². The summed E-state index contributed by atoms with van der Waals surface area (Å²) in [6.45, 7) is 3.71. The van der Waals surface area contributed by atoms with E-state index in [0.717, 1.165) is 37.7 Å².